The summed E-state index contributed by atoms with van der Waals surface area (Å²) in [5, 5.41) is 14.6. The van der Waals surface area contributed by atoms with Crippen molar-refractivity contribution in [1.82, 2.24) is 0 Å². The molecule has 0 aromatic carbocycles. The molecule has 17 heavy (non-hydrogen) atoms. The number of aliphatic hydroxyl groups excluding tert-OH is 2. The van der Waals surface area contributed by atoms with Crippen LogP contribution in [0.4, 0.5) is 0 Å². The number of carbonyl (C=O) groups is 3. The minimum atomic E-state index is -0.475. The van der Waals surface area contributed by atoms with Crippen molar-refractivity contribution in [2.24, 2.45) is 0 Å². The number of ether oxygens (including phenoxy) is 1. The van der Waals surface area contributed by atoms with Crippen LogP contribution in [0.1, 0.15) is 34.1 Å². The Balaban J connectivity index is -0.0000000792. The fourth-order valence-corrected chi connectivity index (χ4v) is 0.275. The van der Waals surface area contributed by atoms with Crippen molar-refractivity contribution in [3.8, 4) is 0 Å². The molecule has 0 bridgehead atoms. The molecule has 104 valence electrons. The molecule has 0 saturated heterocycles. The Bertz CT molecular complexity index is 184. The number of hydrogen-bond donors (Lipinski definition) is 2. The number of esters is 1. The van der Waals surface area contributed by atoms with Crippen LogP contribution < -0.4 is 0 Å². The van der Waals surface area contributed by atoms with Crippen molar-refractivity contribution in [1.29, 1.82) is 0 Å². The normalized spacial score (nSPS) is 6.82. The zero-order chi connectivity index (χ0) is 14.9. The number of methoxy groups -OCH3 is 1. The summed E-state index contributed by atoms with van der Waals surface area (Å²) in [5.74, 6) is -0.477. The van der Waals surface area contributed by atoms with Crippen molar-refractivity contribution in [3.05, 3.63) is 0 Å². The molecule has 2 N–H and O–H groups in total. The first kappa shape index (κ1) is 24.8. The van der Waals surface area contributed by atoms with Crippen LogP contribution in [0.3, 0.4) is 0 Å². The Labute approximate surface area is 103 Å². The lowest BCUT2D eigenvalue weighted by atomic mass is 10.3. The van der Waals surface area contributed by atoms with Crippen molar-refractivity contribution in [2.75, 3.05) is 20.8 Å². The molecule has 0 atom stereocenters. The van der Waals surface area contributed by atoms with E-state index in [-0.39, 0.29) is 24.6 Å². The van der Waals surface area contributed by atoms with Crippen LogP contribution in [0, 0.1) is 0 Å². The molecule has 0 aliphatic heterocycles. The second-order valence-corrected chi connectivity index (χ2v) is 2.68. The van der Waals surface area contributed by atoms with E-state index in [0.717, 1.165) is 7.11 Å². The van der Waals surface area contributed by atoms with Gasteiger partial charge in [-0.15, -0.1) is 0 Å². The van der Waals surface area contributed by atoms with E-state index in [1.54, 1.807) is 6.92 Å². The number of Topliss-reactive ketones (excluding diaryl/α,β-unsaturated/α-hetero) is 2. The first-order valence-electron chi connectivity index (χ1n) is 4.90. The predicted molar refractivity (Wildman–Crippen MR) is 64.6 cm³/mol. The molecule has 0 spiro atoms. The molecule has 0 aromatic rings. The summed E-state index contributed by atoms with van der Waals surface area (Å²) in [6.07, 6.45) is -0.115. The van der Waals surface area contributed by atoms with Gasteiger partial charge in [-0.25, -0.2) is 0 Å². The van der Waals surface area contributed by atoms with E-state index in [9.17, 15) is 14.4 Å². The van der Waals surface area contributed by atoms with Gasteiger partial charge in [0.05, 0.1) is 7.11 Å². The first-order chi connectivity index (χ1) is 7.81. The molecule has 0 rings (SSSR count). The molecule has 0 amide bonds. The minimum Gasteiger partial charge on any atom is -0.469 e. The largest absolute Gasteiger partial charge is 0.469 e. The summed E-state index contributed by atoms with van der Waals surface area (Å²) in [5.41, 5.74) is 0. The van der Waals surface area contributed by atoms with E-state index < -0.39 is 5.97 Å². The lowest BCUT2D eigenvalue weighted by Gasteiger charge is -1.90. The van der Waals surface area contributed by atoms with E-state index in [1.807, 2.05) is 0 Å². The van der Waals surface area contributed by atoms with Crippen LogP contribution in [-0.4, -0.2) is 48.6 Å². The van der Waals surface area contributed by atoms with Crippen molar-refractivity contribution in [2.45, 2.75) is 34.1 Å². The van der Waals surface area contributed by atoms with Crippen LogP contribution in [0.5, 0.6) is 0 Å². The van der Waals surface area contributed by atoms with E-state index in [0.29, 0.717) is 0 Å². The molecule has 0 unspecified atom stereocenters. The van der Waals surface area contributed by atoms with Crippen molar-refractivity contribution >= 4 is 17.5 Å². The average Bonchev–Trinajstić information content (AvgIpc) is 2.20. The fraction of sp³-hybridized carbons (Fsp3) is 0.727. The fourth-order valence-electron chi connectivity index (χ4n) is 0.275. The quantitative estimate of drug-likeness (QED) is 0.543. The summed E-state index contributed by atoms with van der Waals surface area (Å²) >= 11 is 0. The van der Waals surface area contributed by atoms with Gasteiger partial charge >= 0.3 is 5.97 Å². The van der Waals surface area contributed by atoms with Gasteiger partial charge in [0.15, 0.2) is 0 Å². The highest BCUT2D eigenvalue weighted by Gasteiger charge is 2.01. The molecule has 0 aliphatic rings. The second kappa shape index (κ2) is 24.1. The van der Waals surface area contributed by atoms with Crippen LogP contribution in [0.15, 0.2) is 0 Å². The van der Waals surface area contributed by atoms with Gasteiger partial charge in [-0.2, -0.15) is 0 Å². The van der Waals surface area contributed by atoms with Gasteiger partial charge in [-0.05, 0) is 27.7 Å². The molecule has 0 heterocycles. The van der Waals surface area contributed by atoms with Crippen LogP contribution in [0.25, 0.3) is 0 Å². The third kappa shape index (κ3) is 107. The number of rotatable bonds is 2. The zero-order valence-corrected chi connectivity index (χ0v) is 11.4. The van der Waals surface area contributed by atoms with Crippen molar-refractivity contribution in [3.63, 3.8) is 0 Å². The van der Waals surface area contributed by atoms with E-state index in [1.165, 1.54) is 27.9 Å². The van der Waals surface area contributed by atoms with Crippen molar-refractivity contribution < 1.29 is 29.3 Å². The molecule has 0 saturated carbocycles. The monoisotopic (exact) mass is 252 g/mol. The first-order valence-corrected chi connectivity index (χ1v) is 4.90. The Hall–Kier alpha value is -1.27. The Kier molecular flexibility index (Phi) is 35.2. The molecular weight excluding hydrogens is 228 g/mol. The van der Waals surface area contributed by atoms with Gasteiger partial charge in [0.1, 0.15) is 18.0 Å². The van der Waals surface area contributed by atoms with Crippen LogP contribution in [-0.2, 0) is 19.1 Å². The van der Waals surface area contributed by atoms with Gasteiger partial charge < -0.3 is 19.7 Å². The highest BCUT2D eigenvalue weighted by molar-refractivity contribution is 5.93. The third-order valence-electron chi connectivity index (χ3n) is 0.621. The molecule has 0 radical (unpaired) electrons. The average molecular weight is 252 g/mol. The number of aliphatic hydroxyl groups is 2. The second-order valence-electron chi connectivity index (χ2n) is 2.68. The lowest BCUT2D eigenvalue weighted by Crippen LogP contribution is -2.05. The molecule has 0 aromatic heterocycles. The molecule has 0 fully saturated rings. The molecule has 6 nitrogen and oxygen atoms in total. The van der Waals surface area contributed by atoms with Gasteiger partial charge in [0, 0.05) is 13.7 Å². The topological polar surface area (TPSA) is 101 Å². The molecule has 0 aliphatic carbocycles. The maximum atomic E-state index is 10.2. The van der Waals surface area contributed by atoms with E-state index in [2.05, 4.69) is 4.74 Å². The summed E-state index contributed by atoms with van der Waals surface area (Å²) in [6.45, 7) is 6.33. The zero-order valence-electron chi connectivity index (χ0n) is 11.4. The maximum absolute atomic E-state index is 10.2. The lowest BCUT2D eigenvalue weighted by molar-refractivity contribution is -0.143. The third-order valence-corrected chi connectivity index (χ3v) is 0.621. The standard InChI is InChI=1S/C5H8O3.C3H6O.C2H6O.CH4O/c1-4(6)3-5(7)8-2;1-3(2)4;1-2-3;1-2/h3H2,1-2H3;1-2H3;3H,2H2,1H3;2H,1H3. The maximum Gasteiger partial charge on any atom is 0.313 e. The smallest absolute Gasteiger partial charge is 0.313 e. The summed E-state index contributed by atoms with van der Waals surface area (Å²) < 4.78 is 4.20. The Morgan fingerprint density at radius 1 is 1.06 bits per heavy atom. The van der Waals surface area contributed by atoms with E-state index in [4.69, 9.17) is 10.2 Å². The highest BCUT2D eigenvalue weighted by Crippen LogP contribution is 1.83. The van der Waals surface area contributed by atoms with E-state index >= 15 is 0 Å². The van der Waals surface area contributed by atoms with Gasteiger partial charge in [0.25, 0.3) is 0 Å². The van der Waals surface area contributed by atoms with Crippen LogP contribution in [0.2, 0.25) is 0 Å². The minimum absolute atomic E-state index is 0.115. The molecule has 6 heteroatoms. The predicted octanol–water partition coefficient (Wildman–Crippen LogP) is 0.341. The number of hydrogen-bond acceptors (Lipinski definition) is 6. The Morgan fingerprint density at radius 3 is 1.35 bits per heavy atom. The molecular formula is C11H24O6. The SMILES string of the molecule is CC(C)=O.CCO.CO.COC(=O)CC(C)=O. The van der Waals surface area contributed by atoms with Crippen LogP contribution >= 0.6 is 0 Å². The Morgan fingerprint density at radius 2 is 1.29 bits per heavy atom. The van der Waals surface area contributed by atoms with Gasteiger partial charge in [-0.3, -0.25) is 9.59 Å². The summed E-state index contributed by atoms with van der Waals surface area (Å²) in [6, 6.07) is 0. The highest BCUT2D eigenvalue weighted by atomic mass is 16.5. The van der Waals surface area contributed by atoms with Gasteiger partial charge in [-0.1, -0.05) is 0 Å². The number of ketones is 2. The summed E-state index contributed by atoms with van der Waals surface area (Å²) in [4.78, 5) is 29.7. The summed E-state index contributed by atoms with van der Waals surface area (Å²) in [7, 11) is 2.26. The van der Waals surface area contributed by atoms with Gasteiger partial charge in [0.2, 0.25) is 0 Å². The number of carbonyl (C=O) groups excluding carboxylic acids is 3.